The molecule has 3 heterocycles. The van der Waals surface area contributed by atoms with Crippen molar-refractivity contribution < 1.29 is 39.1 Å². The summed E-state index contributed by atoms with van der Waals surface area (Å²) >= 11 is 0. The van der Waals surface area contributed by atoms with Crippen molar-refractivity contribution in [1.82, 2.24) is 0 Å². The Kier molecular flexibility index (Phi) is 4.65. The molecule has 160 valence electrons. The first-order chi connectivity index (χ1) is 14.8. The van der Waals surface area contributed by atoms with Gasteiger partial charge in [-0.3, -0.25) is 0 Å². The number of benzene rings is 2. The molecule has 2 aromatic carbocycles. The first-order valence-corrected chi connectivity index (χ1v) is 9.36. The van der Waals surface area contributed by atoms with Crippen LogP contribution in [0, 0.1) is 0 Å². The molecule has 0 atom stereocenters. The largest absolute Gasteiger partial charge is 0.508 e. The molecule has 0 saturated carbocycles. The number of rotatable bonds is 1. The summed E-state index contributed by atoms with van der Waals surface area (Å²) in [5.74, 6) is -1.58. The number of furan rings is 1. The summed E-state index contributed by atoms with van der Waals surface area (Å²) in [7, 11) is 0. The van der Waals surface area contributed by atoms with Crippen molar-refractivity contribution in [2.45, 2.75) is 13.8 Å². The zero-order valence-corrected chi connectivity index (χ0v) is 16.5. The summed E-state index contributed by atoms with van der Waals surface area (Å²) in [6.45, 7) is 3.81. The summed E-state index contributed by atoms with van der Waals surface area (Å²) in [5.41, 5.74) is -0.637. The number of fused-ring (bicyclic) bond motifs is 4. The zero-order chi connectivity index (χ0) is 22.4. The lowest BCUT2D eigenvalue weighted by molar-refractivity contribution is 0.344. The highest BCUT2D eigenvalue weighted by atomic mass is 16.5. The summed E-state index contributed by atoms with van der Waals surface area (Å²) < 4.78 is 16.2. The number of aliphatic hydroxyl groups excluding tert-OH is 1. The van der Waals surface area contributed by atoms with Crippen LogP contribution >= 0.6 is 0 Å². The van der Waals surface area contributed by atoms with Gasteiger partial charge < -0.3 is 39.1 Å². The standard InChI is InChI=1S/C20H12O9.C2H6/c21-7-1-11(23)16-13(3-7)27-6-10(18(16)25)9-5-28-19-15(9)20(26)29-14-4-8(22)2-12(24)17(14)19;1-2/h1-5,21-25H,6H2;1-2H3. The normalized spacial score (nSPS) is 13.0. The molecule has 31 heavy (non-hydrogen) atoms. The number of aromatic hydroxyl groups is 4. The Labute approximate surface area is 174 Å². The maximum absolute atomic E-state index is 12.6. The third kappa shape index (κ3) is 2.98. The van der Waals surface area contributed by atoms with E-state index in [9.17, 15) is 30.3 Å². The lowest BCUT2D eigenvalue weighted by atomic mass is 9.98. The Hall–Kier alpha value is -4.27. The lowest BCUT2D eigenvalue weighted by Gasteiger charge is -2.21. The summed E-state index contributed by atoms with van der Waals surface area (Å²) in [4.78, 5) is 12.6. The Morgan fingerprint density at radius 2 is 1.55 bits per heavy atom. The van der Waals surface area contributed by atoms with Crippen LogP contribution in [0.2, 0.25) is 0 Å². The minimum atomic E-state index is -0.817. The summed E-state index contributed by atoms with van der Waals surface area (Å²) in [6, 6.07) is 4.52. The zero-order valence-electron chi connectivity index (χ0n) is 16.5. The lowest BCUT2D eigenvalue weighted by Crippen LogP contribution is -2.12. The van der Waals surface area contributed by atoms with Crippen LogP contribution in [0.25, 0.3) is 33.3 Å². The highest BCUT2D eigenvalue weighted by Crippen LogP contribution is 2.45. The topological polar surface area (TPSA) is 154 Å². The third-order valence-electron chi connectivity index (χ3n) is 4.78. The molecule has 4 aromatic rings. The van der Waals surface area contributed by atoms with E-state index >= 15 is 0 Å². The summed E-state index contributed by atoms with van der Waals surface area (Å²) in [6.07, 6.45) is 1.20. The molecule has 0 fully saturated rings. The highest BCUT2D eigenvalue weighted by Gasteiger charge is 2.29. The quantitative estimate of drug-likeness (QED) is 0.282. The van der Waals surface area contributed by atoms with Crippen molar-refractivity contribution in [2.75, 3.05) is 6.61 Å². The number of hydrogen-bond donors (Lipinski definition) is 5. The molecular formula is C22H18O9. The van der Waals surface area contributed by atoms with Crippen molar-refractivity contribution in [2.24, 2.45) is 0 Å². The van der Waals surface area contributed by atoms with Crippen molar-refractivity contribution in [3.05, 3.63) is 52.1 Å². The van der Waals surface area contributed by atoms with Gasteiger partial charge in [-0.05, 0) is 0 Å². The molecule has 9 heteroatoms. The summed E-state index contributed by atoms with van der Waals surface area (Å²) in [5, 5.41) is 50.2. The Bertz CT molecular complexity index is 1420. The van der Waals surface area contributed by atoms with Crippen LogP contribution in [-0.2, 0) is 0 Å². The van der Waals surface area contributed by atoms with E-state index in [1.165, 1.54) is 18.4 Å². The molecule has 9 nitrogen and oxygen atoms in total. The van der Waals surface area contributed by atoms with Gasteiger partial charge in [0.25, 0.3) is 0 Å². The monoisotopic (exact) mass is 426 g/mol. The van der Waals surface area contributed by atoms with Gasteiger partial charge in [0.1, 0.15) is 63.0 Å². The fourth-order valence-electron chi connectivity index (χ4n) is 3.53. The molecular weight excluding hydrogens is 408 g/mol. The fourth-order valence-corrected chi connectivity index (χ4v) is 3.53. The van der Waals surface area contributed by atoms with Gasteiger partial charge in [-0.2, -0.15) is 0 Å². The molecule has 1 aliphatic rings. The molecule has 5 rings (SSSR count). The second kappa shape index (κ2) is 7.21. The Balaban J connectivity index is 0.00000112. The Morgan fingerprint density at radius 1 is 0.871 bits per heavy atom. The molecule has 0 amide bonds. The second-order valence-corrected chi connectivity index (χ2v) is 6.53. The number of aliphatic hydroxyl groups is 1. The highest BCUT2D eigenvalue weighted by molar-refractivity contribution is 6.10. The molecule has 0 bridgehead atoms. The molecule has 0 saturated heterocycles. The van der Waals surface area contributed by atoms with Crippen LogP contribution in [0.15, 0.2) is 44.2 Å². The average molecular weight is 426 g/mol. The SMILES string of the molecule is CC.O=c1oc2cc(O)cc(O)c2c2occ(C3=C(O)c4c(O)cc(O)cc4OC3)c12. The molecule has 1 aliphatic heterocycles. The van der Waals surface area contributed by atoms with E-state index in [-0.39, 0.29) is 74.0 Å². The minimum absolute atomic E-state index is 0.00442. The minimum Gasteiger partial charge on any atom is -0.508 e. The van der Waals surface area contributed by atoms with Gasteiger partial charge in [-0.15, -0.1) is 0 Å². The molecule has 0 spiro atoms. The van der Waals surface area contributed by atoms with E-state index in [2.05, 4.69) is 0 Å². The van der Waals surface area contributed by atoms with Gasteiger partial charge in [-0.25, -0.2) is 4.79 Å². The van der Waals surface area contributed by atoms with E-state index in [1.54, 1.807) is 0 Å². The molecule has 0 radical (unpaired) electrons. The Morgan fingerprint density at radius 3 is 2.29 bits per heavy atom. The van der Waals surface area contributed by atoms with Crippen molar-refractivity contribution >= 4 is 33.3 Å². The number of hydrogen-bond acceptors (Lipinski definition) is 9. The van der Waals surface area contributed by atoms with Crippen LogP contribution in [-0.4, -0.2) is 32.1 Å². The predicted octanol–water partition coefficient (Wildman–Crippen LogP) is 4.21. The van der Waals surface area contributed by atoms with E-state index in [0.29, 0.717) is 0 Å². The van der Waals surface area contributed by atoms with Crippen LogP contribution in [0.1, 0.15) is 25.0 Å². The molecule has 0 aliphatic carbocycles. The van der Waals surface area contributed by atoms with E-state index in [1.807, 2.05) is 13.8 Å². The first-order valence-electron chi connectivity index (χ1n) is 9.36. The molecule has 2 aromatic heterocycles. The van der Waals surface area contributed by atoms with Crippen LogP contribution in [0.4, 0.5) is 0 Å². The second-order valence-electron chi connectivity index (χ2n) is 6.53. The van der Waals surface area contributed by atoms with Crippen LogP contribution < -0.4 is 10.4 Å². The van der Waals surface area contributed by atoms with Gasteiger partial charge >= 0.3 is 5.63 Å². The van der Waals surface area contributed by atoms with Crippen molar-refractivity contribution in [1.29, 1.82) is 0 Å². The van der Waals surface area contributed by atoms with Gasteiger partial charge in [0.2, 0.25) is 0 Å². The molecule has 0 unspecified atom stereocenters. The number of ether oxygens (including phenoxy) is 1. The van der Waals surface area contributed by atoms with Crippen molar-refractivity contribution in [3.63, 3.8) is 0 Å². The van der Waals surface area contributed by atoms with Gasteiger partial charge in [0, 0.05) is 35.4 Å². The van der Waals surface area contributed by atoms with Crippen LogP contribution in [0.3, 0.4) is 0 Å². The van der Waals surface area contributed by atoms with Gasteiger partial charge in [0.15, 0.2) is 5.58 Å². The van der Waals surface area contributed by atoms with E-state index in [4.69, 9.17) is 13.6 Å². The average Bonchev–Trinajstić information content (AvgIpc) is 3.14. The smallest absolute Gasteiger partial charge is 0.348 e. The maximum atomic E-state index is 12.6. The predicted molar refractivity (Wildman–Crippen MR) is 112 cm³/mol. The first kappa shape index (κ1) is 20.0. The van der Waals surface area contributed by atoms with Crippen molar-refractivity contribution in [3.8, 4) is 28.7 Å². The number of phenolic OH excluding ortho intramolecular Hbond substituents is 4. The fraction of sp³-hybridized carbons (Fsp3) is 0.136. The number of phenols is 4. The van der Waals surface area contributed by atoms with Gasteiger partial charge in [0.05, 0.1) is 6.26 Å². The third-order valence-corrected chi connectivity index (χ3v) is 4.78. The van der Waals surface area contributed by atoms with E-state index < -0.39 is 11.4 Å². The maximum Gasteiger partial charge on any atom is 0.348 e. The molecule has 5 N–H and O–H groups in total. The van der Waals surface area contributed by atoms with Crippen LogP contribution in [0.5, 0.6) is 28.7 Å². The van der Waals surface area contributed by atoms with E-state index in [0.717, 1.165) is 12.1 Å². The van der Waals surface area contributed by atoms with Gasteiger partial charge in [-0.1, -0.05) is 13.8 Å².